The van der Waals surface area contributed by atoms with Gasteiger partial charge in [0.05, 0.1) is 10.0 Å². The molecule has 104 valence electrons. The molecule has 5 nitrogen and oxygen atoms in total. The van der Waals surface area contributed by atoms with Crippen molar-refractivity contribution in [3.05, 3.63) is 46.7 Å². The summed E-state index contributed by atoms with van der Waals surface area (Å²) in [6.45, 7) is 3.77. The van der Waals surface area contributed by atoms with E-state index in [1.165, 1.54) is 23.0 Å². The highest BCUT2D eigenvalue weighted by atomic mass is 35.5. The smallest absolute Gasteiger partial charge is 0.271 e. The van der Waals surface area contributed by atoms with Crippen LogP contribution in [0.2, 0.25) is 10.0 Å². The first kappa shape index (κ1) is 14.8. The van der Waals surface area contributed by atoms with E-state index in [1.807, 2.05) is 0 Å². The number of hydrogen-bond donors (Lipinski definition) is 0. The lowest BCUT2D eigenvalue weighted by molar-refractivity contribution is 0.107. The van der Waals surface area contributed by atoms with Gasteiger partial charge in [0.15, 0.2) is 5.82 Å². The van der Waals surface area contributed by atoms with Crippen LogP contribution in [0.4, 0.5) is 0 Å². The van der Waals surface area contributed by atoms with Crippen molar-refractivity contribution in [2.75, 3.05) is 6.61 Å². The molecule has 0 aliphatic heterocycles. The van der Waals surface area contributed by atoms with Crippen LogP contribution in [0.15, 0.2) is 31.0 Å². The largest absolute Gasteiger partial charge is 0.472 e. The summed E-state index contributed by atoms with van der Waals surface area (Å²) >= 11 is 17.3. The van der Waals surface area contributed by atoms with E-state index in [9.17, 15) is 4.79 Å². The number of carbonyl (C=O) groups excluding carboxylic acids is 1. The van der Waals surface area contributed by atoms with Crippen molar-refractivity contribution in [1.29, 1.82) is 0 Å². The van der Waals surface area contributed by atoms with Gasteiger partial charge in [-0.05, 0) is 17.7 Å². The Labute approximate surface area is 129 Å². The van der Waals surface area contributed by atoms with E-state index in [4.69, 9.17) is 39.5 Å². The lowest BCUT2D eigenvalue weighted by Gasteiger charge is -2.05. The van der Waals surface area contributed by atoms with E-state index in [-0.39, 0.29) is 29.0 Å². The molecule has 20 heavy (non-hydrogen) atoms. The van der Waals surface area contributed by atoms with Crippen molar-refractivity contribution >= 4 is 40.0 Å². The summed E-state index contributed by atoms with van der Waals surface area (Å²) in [5, 5.41) is 3.97. The molecule has 2 aromatic rings. The standard InChI is InChI=1S/C12H8Cl3N3O2/c1-2-3-20-10-5-9(11(15)19)18(17-10)12-8(14)4-7(13)6-16-12/h2,4-6H,1,3H2. The van der Waals surface area contributed by atoms with Crippen molar-refractivity contribution < 1.29 is 9.53 Å². The fourth-order valence-corrected chi connectivity index (χ4v) is 2.03. The molecule has 0 saturated heterocycles. The van der Waals surface area contributed by atoms with Gasteiger partial charge in [-0.1, -0.05) is 35.9 Å². The average Bonchev–Trinajstić information content (AvgIpc) is 2.80. The van der Waals surface area contributed by atoms with Crippen LogP contribution >= 0.6 is 34.8 Å². The third-order valence-corrected chi connectivity index (χ3v) is 2.90. The second-order valence-corrected chi connectivity index (χ2v) is 4.80. The van der Waals surface area contributed by atoms with Crippen LogP contribution in [0, 0.1) is 0 Å². The summed E-state index contributed by atoms with van der Waals surface area (Å²) in [5.41, 5.74) is 0.0856. The molecule has 8 heteroatoms. The van der Waals surface area contributed by atoms with Crippen molar-refractivity contribution in [1.82, 2.24) is 14.8 Å². The molecule has 0 aromatic carbocycles. The normalized spacial score (nSPS) is 10.3. The van der Waals surface area contributed by atoms with Crippen molar-refractivity contribution in [3.63, 3.8) is 0 Å². The second kappa shape index (κ2) is 6.26. The summed E-state index contributed by atoms with van der Waals surface area (Å²) in [4.78, 5) is 15.5. The highest BCUT2D eigenvalue weighted by molar-refractivity contribution is 6.67. The minimum absolute atomic E-state index is 0.0856. The molecule has 0 aliphatic rings. The minimum Gasteiger partial charge on any atom is -0.472 e. The molecule has 0 radical (unpaired) electrons. The molecule has 0 fully saturated rings. The van der Waals surface area contributed by atoms with Crippen molar-refractivity contribution in [3.8, 4) is 11.7 Å². The number of ether oxygens (including phenoxy) is 1. The number of carbonyl (C=O) groups is 1. The topological polar surface area (TPSA) is 57.0 Å². The Morgan fingerprint density at radius 2 is 2.20 bits per heavy atom. The Bertz CT molecular complexity index is 670. The maximum absolute atomic E-state index is 11.4. The van der Waals surface area contributed by atoms with Crippen LogP contribution < -0.4 is 4.74 Å². The zero-order valence-electron chi connectivity index (χ0n) is 10.0. The zero-order valence-corrected chi connectivity index (χ0v) is 12.3. The van der Waals surface area contributed by atoms with Gasteiger partial charge in [-0.2, -0.15) is 0 Å². The summed E-state index contributed by atoms with van der Waals surface area (Å²) in [6, 6.07) is 2.88. The highest BCUT2D eigenvalue weighted by Gasteiger charge is 2.18. The third kappa shape index (κ3) is 3.12. The second-order valence-electron chi connectivity index (χ2n) is 3.61. The highest BCUT2D eigenvalue weighted by Crippen LogP contribution is 2.25. The van der Waals surface area contributed by atoms with E-state index in [1.54, 1.807) is 6.08 Å². The molecule has 2 heterocycles. The molecule has 0 bridgehead atoms. The lowest BCUT2D eigenvalue weighted by Crippen LogP contribution is -2.07. The molecule has 0 atom stereocenters. The van der Waals surface area contributed by atoms with Crippen LogP contribution in [-0.2, 0) is 0 Å². The number of pyridine rings is 1. The molecule has 0 aliphatic carbocycles. The number of nitrogens with zero attached hydrogens (tertiary/aromatic N) is 3. The van der Waals surface area contributed by atoms with E-state index < -0.39 is 5.24 Å². The Morgan fingerprint density at radius 1 is 1.45 bits per heavy atom. The number of aromatic nitrogens is 3. The van der Waals surface area contributed by atoms with E-state index in [0.29, 0.717) is 5.02 Å². The fraction of sp³-hybridized carbons (Fsp3) is 0.0833. The Kier molecular flexibility index (Phi) is 4.65. The van der Waals surface area contributed by atoms with E-state index >= 15 is 0 Å². The molecule has 0 unspecified atom stereocenters. The Balaban J connectivity index is 2.50. The molecule has 2 rings (SSSR count). The summed E-state index contributed by atoms with van der Waals surface area (Å²) in [7, 11) is 0. The van der Waals surface area contributed by atoms with Gasteiger partial charge in [-0.3, -0.25) is 4.79 Å². The van der Waals surface area contributed by atoms with Gasteiger partial charge in [0.1, 0.15) is 12.3 Å². The number of rotatable bonds is 5. The minimum atomic E-state index is -0.709. The Hall–Kier alpha value is -1.56. The van der Waals surface area contributed by atoms with Crippen molar-refractivity contribution in [2.24, 2.45) is 0 Å². The summed E-state index contributed by atoms with van der Waals surface area (Å²) < 4.78 is 6.45. The lowest BCUT2D eigenvalue weighted by atomic mass is 10.4. The molecule has 2 aromatic heterocycles. The Morgan fingerprint density at radius 3 is 2.80 bits per heavy atom. The predicted octanol–water partition coefficient (Wildman–Crippen LogP) is 3.52. The molecular formula is C12H8Cl3N3O2. The molecule has 0 N–H and O–H groups in total. The van der Waals surface area contributed by atoms with Gasteiger partial charge in [-0.15, -0.1) is 5.10 Å². The maximum Gasteiger partial charge on any atom is 0.271 e. The van der Waals surface area contributed by atoms with Gasteiger partial charge in [-0.25, -0.2) is 9.67 Å². The molecular weight excluding hydrogens is 325 g/mol. The zero-order chi connectivity index (χ0) is 14.7. The predicted molar refractivity (Wildman–Crippen MR) is 77.3 cm³/mol. The first-order valence-electron chi connectivity index (χ1n) is 5.38. The van der Waals surface area contributed by atoms with Crippen LogP contribution in [0.1, 0.15) is 10.5 Å². The van der Waals surface area contributed by atoms with Crippen LogP contribution in [-0.4, -0.2) is 26.6 Å². The molecule has 0 spiro atoms. The monoisotopic (exact) mass is 331 g/mol. The summed E-state index contributed by atoms with van der Waals surface area (Å²) in [5.74, 6) is 0.440. The fourth-order valence-electron chi connectivity index (χ4n) is 1.44. The SMILES string of the molecule is C=CCOc1cc(C(=O)Cl)n(-c2ncc(Cl)cc2Cl)n1. The van der Waals surface area contributed by atoms with Gasteiger partial charge in [0.2, 0.25) is 5.88 Å². The molecule has 0 amide bonds. The molecule has 0 saturated carbocycles. The van der Waals surface area contributed by atoms with Gasteiger partial charge in [0.25, 0.3) is 5.24 Å². The summed E-state index contributed by atoms with van der Waals surface area (Å²) in [6.07, 6.45) is 2.94. The van der Waals surface area contributed by atoms with Crippen LogP contribution in [0.25, 0.3) is 5.82 Å². The number of halogens is 3. The third-order valence-electron chi connectivity index (χ3n) is 2.23. The van der Waals surface area contributed by atoms with Gasteiger partial charge >= 0.3 is 0 Å². The van der Waals surface area contributed by atoms with Crippen molar-refractivity contribution in [2.45, 2.75) is 0 Å². The van der Waals surface area contributed by atoms with E-state index in [2.05, 4.69) is 16.7 Å². The number of hydrogen-bond acceptors (Lipinski definition) is 4. The maximum atomic E-state index is 11.4. The van der Waals surface area contributed by atoms with Crippen LogP contribution in [0.3, 0.4) is 0 Å². The van der Waals surface area contributed by atoms with Crippen LogP contribution in [0.5, 0.6) is 5.88 Å². The van der Waals surface area contributed by atoms with Gasteiger partial charge < -0.3 is 4.74 Å². The first-order chi connectivity index (χ1) is 9.52. The average molecular weight is 333 g/mol. The van der Waals surface area contributed by atoms with Gasteiger partial charge in [0, 0.05) is 12.3 Å². The van der Waals surface area contributed by atoms with E-state index in [0.717, 1.165) is 0 Å². The quantitative estimate of drug-likeness (QED) is 0.621. The first-order valence-corrected chi connectivity index (χ1v) is 6.51.